The summed E-state index contributed by atoms with van der Waals surface area (Å²) < 4.78 is 0. The van der Waals surface area contributed by atoms with Gasteiger partial charge in [-0.05, 0) is 18.4 Å². The van der Waals surface area contributed by atoms with E-state index in [1.165, 1.54) is 6.42 Å². The number of Topliss-reactive ketones (excluding diaryl/α,β-unsaturated/α-hetero) is 1. The third-order valence-corrected chi connectivity index (χ3v) is 4.03. The minimum absolute atomic E-state index is 0.248. The minimum atomic E-state index is -0.318. The number of hydrogen-bond acceptors (Lipinski definition) is 2. The molecule has 1 aliphatic rings. The van der Waals surface area contributed by atoms with Crippen LogP contribution in [0.25, 0.3) is 0 Å². The topological polar surface area (TPSA) is 20.3 Å². The van der Waals surface area contributed by atoms with Crippen LogP contribution in [-0.4, -0.2) is 30.3 Å². The molecule has 19 heavy (non-hydrogen) atoms. The molecule has 104 valence electrons. The zero-order chi connectivity index (χ0) is 14.1. The van der Waals surface area contributed by atoms with Crippen LogP contribution >= 0.6 is 0 Å². The van der Waals surface area contributed by atoms with Gasteiger partial charge in [-0.15, -0.1) is 0 Å². The van der Waals surface area contributed by atoms with E-state index in [4.69, 9.17) is 0 Å². The summed E-state index contributed by atoms with van der Waals surface area (Å²) in [7, 11) is 0. The molecule has 0 spiro atoms. The fourth-order valence-electron chi connectivity index (χ4n) is 2.97. The number of carbonyl (C=O) groups excluding carboxylic acids is 1. The van der Waals surface area contributed by atoms with Gasteiger partial charge in [0.2, 0.25) is 0 Å². The predicted octanol–water partition coefficient (Wildman–Crippen LogP) is 3.63. The first-order chi connectivity index (χ1) is 8.80. The fourth-order valence-corrected chi connectivity index (χ4v) is 2.97. The standard InChI is InChI=1S/C17H25NO/c1-16(2)10-11-18(12-16)13-17(3,4)15(19)14-8-6-5-7-9-14/h5-9H,10-13H2,1-4H3. The molecular weight excluding hydrogens is 234 g/mol. The van der Waals surface area contributed by atoms with Gasteiger partial charge in [0, 0.05) is 24.1 Å². The normalized spacial score (nSPS) is 19.6. The lowest BCUT2D eigenvalue weighted by atomic mass is 9.83. The number of likely N-dealkylation sites (tertiary alicyclic amines) is 1. The van der Waals surface area contributed by atoms with Crippen LogP contribution in [0.15, 0.2) is 30.3 Å². The third kappa shape index (κ3) is 3.44. The molecule has 1 aromatic rings. The Bertz CT molecular complexity index is 448. The summed E-state index contributed by atoms with van der Waals surface area (Å²) in [6.45, 7) is 11.8. The first-order valence-corrected chi connectivity index (χ1v) is 7.12. The highest BCUT2D eigenvalue weighted by molar-refractivity contribution is 6.00. The highest BCUT2D eigenvalue weighted by Crippen LogP contribution is 2.32. The van der Waals surface area contributed by atoms with E-state index in [2.05, 4.69) is 32.6 Å². The molecule has 2 nitrogen and oxygen atoms in total. The molecule has 0 amide bonds. The summed E-state index contributed by atoms with van der Waals surface area (Å²) in [6.07, 6.45) is 1.22. The summed E-state index contributed by atoms with van der Waals surface area (Å²) in [5.74, 6) is 0.248. The first-order valence-electron chi connectivity index (χ1n) is 7.12. The Morgan fingerprint density at radius 3 is 2.42 bits per heavy atom. The molecule has 1 saturated heterocycles. The van der Waals surface area contributed by atoms with Crippen molar-refractivity contribution in [3.8, 4) is 0 Å². The smallest absolute Gasteiger partial charge is 0.169 e. The molecule has 0 aliphatic carbocycles. The number of carbonyl (C=O) groups is 1. The van der Waals surface area contributed by atoms with Gasteiger partial charge in [-0.2, -0.15) is 0 Å². The summed E-state index contributed by atoms with van der Waals surface area (Å²) in [5.41, 5.74) is 0.902. The van der Waals surface area contributed by atoms with Crippen LogP contribution in [0.2, 0.25) is 0 Å². The van der Waals surface area contributed by atoms with Crippen LogP contribution in [0.5, 0.6) is 0 Å². The molecule has 1 aromatic carbocycles. The van der Waals surface area contributed by atoms with Gasteiger partial charge in [0.05, 0.1) is 0 Å². The average molecular weight is 259 g/mol. The zero-order valence-corrected chi connectivity index (χ0v) is 12.6. The van der Waals surface area contributed by atoms with Gasteiger partial charge in [0.25, 0.3) is 0 Å². The Hall–Kier alpha value is -1.15. The van der Waals surface area contributed by atoms with E-state index < -0.39 is 0 Å². The third-order valence-electron chi connectivity index (χ3n) is 4.03. The zero-order valence-electron chi connectivity index (χ0n) is 12.6. The second-order valence-corrected chi connectivity index (χ2v) is 7.20. The lowest BCUT2D eigenvalue weighted by molar-refractivity contribution is 0.0775. The molecule has 0 saturated carbocycles. The molecule has 0 unspecified atom stereocenters. The summed E-state index contributed by atoms with van der Waals surface area (Å²) in [4.78, 5) is 15.0. The van der Waals surface area contributed by atoms with Crippen LogP contribution in [0.4, 0.5) is 0 Å². The lowest BCUT2D eigenvalue weighted by Gasteiger charge is -2.30. The summed E-state index contributed by atoms with van der Waals surface area (Å²) >= 11 is 0. The number of hydrogen-bond donors (Lipinski definition) is 0. The number of nitrogens with zero attached hydrogens (tertiary/aromatic N) is 1. The Morgan fingerprint density at radius 2 is 1.89 bits per heavy atom. The van der Waals surface area contributed by atoms with Gasteiger partial charge in [-0.3, -0.25) is 4.79 Å². The van der Waals surface area contributed by atoms with Crippen molar-refractivity contribution in [2.45, 2.75) is 34.1 Å². The summed E-state index contributed by atoms with van der Waals surface area (Å²) in [6, 6.07) is 9.65. The average Bonchev–Trinajstić information content (AvgIpc) is 2.68. The van der Waals surface area contributed by atoms with E-state index in [0.717, 1.165) is 25.2 Å². The minimum Gasteiger partial charge on any atom is -0.302 e. The largest absolute Gasteiger partial charge is 0.302 e. The van der Waals surface area contributed by atoms with Gasteiger partial charge in [0.15, 0.2) is 5.78 Å². The molecule has 1 fully saturated rings. The molecule has 1 aliphatic heterocycles. The highest BCUT2D eigenvalue weighted by Gasteiger charge is 2.36. The maximum atomic E-state index is 12.6. The van der Waals surface area contributed by atoms with Crippen molar-refractivity contribution in [3.05, 3.63) is 35.9 Å². The molecule has 0 aromatic heterocycles. The maximum Gasteiger partial charge on any atom is 0.169 e. The van der Waals surface area contributed by atoms with E-state index in [1.54, 1.807) is 0 Å². The van der Waals surface area contributed by atoms with Crippen LogP contribution in [0, 0.1) is 10.8 Å². The quantitative estimate of drug-likeness (QED) is 0.770. The van der Waals surface area contributed by atoms with E-state index in [9.17, 15) is 4.79 Å². The van der Waals surface area contributed by atoms with Gasteiger partial charge >= 0.3 is 0 Å². The van der Waals surface area contributed by atoms with Crippen LogP contribution in [-0.2, 0) is 0 Å². The summed E-state index contributed by atoms with van der Waals surface area (Å²) in [5, 5.41) is 0. The molecule has 0 bridgehead atoms. The van der Waals surface area contributed by atoms with E-state index >= 15 is 0 Å². The van der Waals surface area contributed by atoms with Crippen LogP contribution < -0.4 is 0 Å². The van der Waals surface area contributed by atoms with Crippen molar-refractivity contribution in [1.29, 1.82) is 0 Å². The van der Waals surface area contributed by atoms with Crippen molar-refractivity contribution >= 4 is 5.78 Å². The molecule has 1 heterocycles. The van der Waals surface area contributed by atoms with Gasteiger partial charge in [-0.1, -0.05) is 58.0 Å². The molecule has 2 heteroatoms. The maximum absolute atomic E-state index is 12.6. The monoisotopic (exact) mass is 259 g/mol. The Kier molecular flexibility index (Phi) is 3.82. The van der Waals surface area contributed by atoms with Crippen molar-refractivity contribution < 1.29 is 4.79 Å². The Balaban J connectivity index is 2.05. The van der Waals surface area contributed by atoms with Gasteiger partial charge in [0.1, 0.15) is 0 Å². The molecular formula is C17H25NO. The molecule has 0 atom stereocenters. The van der Waals surface area contributed by atoms with Gasteiger partial charge < -0.3 is 4.90 Å². The molecule has 0 radical (unpaired) electrons. The SMILES string of the molecule is CC1(C)CCN(CC(C)(C)C(=O)c2ccccc2)C1. The van der Waals surface area contributed by atoms with Gasteiger partial charge in [-0.25, -0.2) is 0 Å². The molecule has 2 rings (SSSR count). The lowest BCUT2D eigenvalue weighted by Crippen LogP contribution is -2.38. The first kappa shape index (κ1) is 14.3. The van der Waals surface area contributed by atoms with Crippen molar-refractivity contribution in [1.82, 2.24) is 4.90 Å². The number of benzene rings is 1. The van der Waals surface area contributed by atoms with Crippen molar-refractivity contribution in [2.75, 3.05) is 19.6 Å². The van der Waals surface area contributed by atoms with Crippen molar-refractivity contribution in [3.63, 3.8) is 0 Å². The van der Waals surface area contributed by atoms with Crippen LogP contribution in [0.3, 0.4) is 0 Å². The van der Waals surface area contributed by atoms with E-state index in [-0.39, 0.29) is 11.2 Å². The fraction of sp³-hybridized carbons (Fsp3) is 0.588. The number of rotatable bonds is 4. The second-order valence-electron chi connectivity index (χ2n) is 7.20. The Morgan fingerprint density at radius 1 is 1.26 bits per heavy atom. The predicted molar refractivity (Wildman–Crippen MR) is 79.4 cm³/mol. The Labute approximate surface area is 116 Å². The highest BCUT2D eigenvalue weighted by atomic mass is 16.1. The van der Waals surface area contributed by atoms with Crippen molar-refractivity contribution in [2.24, 2.45) is 10.8 Å². The molecule has 0 N–H and O–H groups in total. The second kappa shape index (κ2) is 5.09. The van der Waals surface area contributed by atoms with E-state index in [0.29, 0.717) is 5.41 Å². The van der Waals surface area contributed by atoms with Crippen LogP contribution in [0.1, 0.15) is 44.5 Å². The van der Waals surface area contributed by atoms with E-state index in [1.807, 2.05) is 30.3 Å². The number of ketones is 1.